The number of carbonyl (C=O) groups excluding carboxylic acids is 2. The predicted molar refractivity (Wildman–Crippen MR) is 140 cm³/mol. The maximum atomic E-state index is 14.3. The van der Waals surface area contributed by atoms with Crippen molar-refractivity contribution in [3.63, 3.8) is 0 Å². The van der Waals surface area contributed by atoms with Gasteiger partial charge in [-0.2, -0.15) is 0 Å². The van der Waals surface area contributed by atoms with Gasteiger partial charge >= 0.3 is 6.03 Å². The second-order valence-electron chi connectivity index (χ2n) is 9.40. The van der Waals surface area contributed by atoms with Gasteiger partial charge in [-0.3, -0.25) is 9.69 Å². The second-order valence-corrected chi connectivity index (χ2v) is 9.84. The zero-order chi connectivity index (χ0) is 26.1. The molecular formula is C28H27ClFN3O4. The summed E-state index contributed by atoms with van der Waals surface area (Å²) in [6.07, 6.45) is 3.09. The minimum absolute atomic E-state index is 0.0546. The summed E-state index contributed by atoms with van der Waals surface area (Å²) < 4.78 is 26.2. The highest BCUT2D eigenvalue weighted by atomic mass is 35.5. The van der Waals surface area contributed by atoms with Gasteiger partial charge in [-0.05, 0) is 61.7 Å². The molecule has 1 saturated carbocycles. The number of rotatable bonds is 7. The number of urea groups is 1. The standard InChI is InChI=1S/C28H27ClFN3O4/c1-3-21-14-33(28(35)32-24-7-6-20(29)12-23(24)30)25-8-4-17(11-26(25)37-21)18-5-9-27(31-13-18)36-15-19-10-22(19)16(2)34/h4-9,11-13,19,21-22H,3,10,14-15H2,1-2H3,(H,32,35). The molecule has 2 heterocycles. The molecule has 3 aromatic rings. The summed E-state index contributed by atoms with van der Waals surface area (Å²) in [7, 11) is 0. The van der Waals surface area contributed by atoms with Crippen LogP contribution in [0.4, 0.5) is 20.6 Å². The maximum absolute atomic E-state index is 14.3. The van der Waals surface area contributed by atoms with Crippen LogP contribution in [0.3, 0.4) is 0 Å². The van der Waals surface area contributed by atoms with Crippen molar-refractivity contribution in [2.45, 2.75) is 32.8 Å². The van der Waals surface area contributed by atoms with Gasteiger partial charge in [0.25, 0.3) is 0 Å². The Bertz CT molecular complexity index is 1330. The summed E-state index contributed by atoms with van der Waals surface area (Å²) >= 11 is 5.82. The highest BCUT2D eigenvalue weighted by Gasteiger charge is 2.41. The lowest BCUT2D eigenvalue weighted by molar-refractivity contribution is -0.118. The van der Waals surface area contributed by atoms with Crippen LogP contribution in [0.15, 0.2) is 54.7 Å². The Labute approximate surface area is 219 Å². The van der Waals surface area contributed by atoms with Gasteiger partial charge < -0.3 is 14.8 Å². The first kappa shape index (κ1) is 25.0. The zero-order valence-electron chi connectivity index (χ0n) is 20.5. The van der Waals surface area contributed by atoms with Crippen molar-refractivity contribution < 1.29 is 23.5 Å². The van der Waals surface area contributed by atoms with Crippen LogP contribution in [0.1, 0.15) is 26.7 Å². The molecule has 37 heavy (non-hydrogen) atoms. The number of ether oxygens (including phenoxy) is 2. The summed E-state index contributed by atoms with van der Waals surface area (Å²) in [6, 6.07) is 12.9. The third-order valence-corrected chi connectivity index (χ3v) is 7.00. The minimum Gasteiger partial charge on any atom is -0.486 e. The Morgan fingerprint density at radius 3 is 2.68 bits per heavy atom. The molecule has 5 rings (SSSR count). The van der Waals surface area contributed by atoms with Crippen molar-refractivity contribution in [2.24, 2.45) is 11.8 Å². The third-order valence-electron chi connectivity index (χ3n) is 6.76. The first-order chi connectivity index (χ1) is 17.8. The van der Waals surface area contributed by atoms with E-state index in [1.807, 2.05) is 31.2 Å². The number of nitrogens with one attached hydrogen (secondary N) is 1. The number of benzene rings is 2. The van der Waals surface area contributed by atoms with Crippen LogP contribution in [0.25, 0.3) is 11.1 Å². The summed E-state index contributed by atoms with van der Waals surface area (Å²) in [5, 5.41) is 2.89. The van der Waals surface area contributed by atoms with E-state index in [0.29, 0.717) is 36.9 Å². The Hall–Kier alpha value is -3.65. The molecule has 0 bridgehead atoms. The van der Waals surface area contributed by atoms with Gasteiger partial charge in [0.2, 0.25) is 5.88 Å². The molecule has 0 spiro atoms. The van der Waals surface area contributed by atoms with Gasteiger partial charge in [-0.1, -0.05) is 24.6 Å². The summed E-state index contributed by atoms with van der Waals surface area (Å²) in [5.41, 5.74) is 2.39. The molecule has 0 saturated heterocycles. The van der Waals surface area contributed by atoms with Gasteiger partial charge in [-0.15, -0.1) is 0 Å². The number of anilines is 2. The van der Waals surface area contributed by atoms with Crippen molar-refractivity contribution in [1.29, 1.82) is 0 Å². The van der Waals surface area contributed by atoms with Gasteiger partial charge in [-0.25, -0.2) is 14.2 Å². The molecule has 1 fully saturated rings. The van der Waals surface area contributed by atoms with Crippen LogP contribution in [-0.4, -0.2) is 36.1 Å². The SMILES string of the molecule is CCC1CN(C(=O)Nc2ccc(Cl)cc2F)c2ccc(-c3ccc(OCC4CC4C(C)=O)nc3)cc2O1. The molecule has 3 unspecified atom stereocenters. The van der Waals surface area contributed by atoms with Gasteiger partial charge in [0.1, 0.15) is 23.5 Å². The fourth-order valence-corrected chi connectivity index (χ4v) is 4.63. The molecule has 2 aliphatic rings. The number of Topliss-reactive ketones (excluding diaryl/α,β-unsaturated/α-hetero) is 1. The molecule has 192 valence electrons. The fraction of sp³-hybridized carbons (Fsp3) is 0.321. The number of hydrogen-bond donors (Lipinski definition) is 1. The summed E-state index contributed by atoms with van der Waals surface area (Å²) in [6.45, 7) is 4.42. The zero-order valence-corrected chi connectivity index (χ0v) is 21.3. The summed E-state index contributed by atoms with van der Waals surface area (Å²) in [5.74, 6) is 1.08. The number of halogens is 2. The van der Waals surface area contributed by atoms with Crippen LogP contribution in [0, 0.1) is 17.7 Å². The van der Waals surface area contributed by atoms with E-state index in [2.05, 4.69) is 10.3 Å². The topological polar surface area (TPSA) is 80.8 Å². The molecule has 3 atom stereocenters. The van der Waals surface area contributed by atoms with Crippen molar-refractivity contribution in [1.82, 2.24) is 4.98 Å². The Balaban J connectivity index is 1.31. The van der Waals surface area contributed by atoms with Crippen LogP contribution in [0.5, 0.6) is 11.6 Å². The smallest absolute Gasteiger partial charge is 0.326 e. The average Bonchev–Trinajstić information content (AvgIpc) is 3.68. The monoisotopic (exact) mass is 523 g/mol. The molecule has 1 N–H and O–H groups in total. The van der Waals surface area contributed by atoms with Crippen molar-refractivity contribution in [2.75, 3.05) is 23.4 Å². The number of amides is 2. The number of hydrogen-bond acceptors (Lipinski definition) is 5. The van der Waals surface area contributed by atoms with E-state index in [1.54, 1.807) is 24.1 Å². The molecule has 9 heteroatoms. The van der Waals surface area contributed by atoms with E-state index in [-0.39, 0.29) is 34.4 Å². The first-order valence-electron chi connectivity index (χ1n) is 12.3. The first-order valence-corrected chi connectivity index (χ1v) is 12.6. The van der Waals surface area contributed by atoms with Gasteiger partial charge in [0.05, 0.1) is 24.5 Å². The largest absolute Gasteiger partial charge is 0.486 e. The highest BCUT2D eigenvalue weighted by Crippen LogP contribution is 2.40. The van der Waals surface area contributed by atoms with Crippen LogP contribution < -0.4 is 19.7 Å². The fourth-order valence-electron chi connectivity index (χ4n) is 4.47. The summed E-state index contributed by atoms with van der Waals surface area (Å²) in [4.78, 5) is 30.5. The van der Waals surface area contributed by atoms with E-state index >= 15 is 0 Å². The van der Waals surface area contributed by atoms with E-state index in [9.17, 15) is 14.0 Å². The lowest BCUT2D eigenvalue weighted by Gasteiger charge is -2.35. The Morgan fingerprint density at radius 2 is 2.00 bits per heavy atom. The lowest BCUT2D eigenvalue weighted by Crippen LogP contribution is -2.45. The molecule has 2 amide bonds. The second kappa shape index (κ2) is 10.4. The molecule has 1 aromatic heterocycles. The predicted octanol–water partition coefficient (Wildman–Crippen LogP) is 6.35. The molecule has 2 aromatic carbocycles. The van der Waals surface area contributed by atoms with Crippen molar-refractivity contribution in [3.05, 3.63) is 65.6 Å². The molecule has 1 aliphatic carbocycles. The lowest BCUT2D eigenvalue weighted by atomic mass is 10.0. The van der Waals surface area contributed by atoms with E-state index in [0.717, 1.165) is 23.6 Å². The van der Waals surface area contributed by atoms with Crippen molar-refractivity contribution >= 4 is 34.8 Å². The molecular weight excluding hydrogens is 497 g/mol. The van der Waals surface area contributed by atoms with E-state index in [1.165, 1.54) is 12.1 Å². The number of nitrogens with zero attached hydrogens (tertiary/aromatic N) is 2. The molecule has 0 radical (unpaired) electrons. The quantitative estimate of drug-likeness (QED) is 0.390. The third kappa shape index (κ3) is 5.54. The van der Waals surface area contributed by atoms with E-state index in [4.69, 9.17) is 21.1 Å². The number of ketones is 1. The molecule has 7 nitrogen and oxygen atoms in total. The van der Waals surface area contributed by atoms with Gasteiger partial charge in [0, 0.05) is 34.7 Å². The average molecular weight is 524 g/mol. The normalized spacial score (nSPS) is 20.0. The Kier molecular flexibility index (Phi) is 7.02. The Morgan fingerprint density at radius 1 is 1.19 bits per heavy atom. The van der Waals surface area contributed by atoms with Crippen molar-refractivity contribution in [3.8, 4) is 22.8 Å². The van der Waals surface area contributed by atoms with Gasteiger partial charge in [0.15, 0.2) is 0 Å². The minimum atomic E-state index is -0.604. The van der Waals surface area contributed by atoms with Crippen LogP contribution >= 0.6 is 11.6 Å². The van der Waals surface area contributed by atoms with Crippen LogP contribution in [-0.2, 0) is 4.79 Å². The number of pyridine rings is 1. The van der Waals surface area contributed by atoms with E-state index < -0.39 is 11.8 Å². The highest BCUT2D eigenvalue weighted by molar-refractivity contribution is 6.30. The number of carbonyl (C=O) groups is 2. The molecule has 1 aliphatic heterocycles. The van der Waals surface area contributed by atoms with Crippen LogP contribution in [0.2, 0.25) is 5.02 Å². The maximum Gasteiger partial charge on any atom is 0.326 e. The number of fused-ring (bicyclic) bond motifs is 1. The number of aromatic nitrogens is 1.